The highest BCUT2D eigenvalue weighted by Gasteiger charge is 2.20. The fourth-order valence-corrected chi connectivity index (χ4v) is 4.12. The van der Waals surface area contributed by atoms with Gasteiger partial charge in [-0.15, -0.1) is 0 Å². The first-order valence-electron chi connectivity index (χ1n) is 7.99. The van der Waals surface area contributed by atoms with E-state index in [0.29, 0.717) is 21.2 Å². The fourth-order valence-electron chi connectivity index (χ4n) is 3.36. The largest absolute Gasteiger partial charge is 0.496 e. The van der Waals surface area contributed by atoms with Crippen molar-refractivity contribution in [3.63, 3.8) is 0 Å². The molecule has 4 rings (SSSR count). The lowest BCUT2D eigenvalue weighted by atomic mass is 9.93. The Morgan fingerprint density at radius 1 is 0.885 bits per heavy atom. The van der Waals surface area contributed by atoms with Gasteiger partial charge in [0.1, 0.15) is 5.75 Å². The van der Waals surface area contributed by atoms with Crippen LogP contribution in [-0.2, 0) is 11.1 Å². The molecule has 0 saturated carbocycles. The zero-order valence-electron chi connectivity index (χ0n) is 13.9. The van der Waals surface area contributed by atoms with E-state index in [9.17, 15) is 8.76 Å². The van der Waals surface area contributed by atoms with Gasteiger partial charge < -0.3 is 9.29 Å². The second-order valence-corrected chi connectivity index (χ2v) is 7.29. The van der Waals surface area contributed by atoms with Crippen molar-refractivity contribution in [3.8, 4) is 16.9 Å². The summed E-state index contributed by atoms with van der Waals surface area (Å²) in [6.07, 6.45) is 0. The first kappa shape index (κ1) is 17.0. The molecule has 0 aliphatic carbocycles. The number of rotatable bonds is 3. The number of fused-ring (bicyclic) bond motifs is 2. The highest BCUT2D eigenvalue weighted by Crippen LogP contribution is 2.43. The molecule has 0 aliphatic heterocycles. The zero-order valence-corrected chi connectivity index (χ0v) is 15.5. The normalized spacial score (nSPS) is 12.4. The van der Waals surface area contributed by atoms with Crippen molar-refractivity contribution in [2.75, 3.05) is 7.11 Å². The highest BCUT2D eigenvalue weighted by molar-refractivity contribution is 7.79. The minimum absolute atomic E-state index is 0.351. The molecule has 0 fully saturated rings. The molecule has 5 heteroatoms. The van der Waals surface area contributed by atoms with Crippen molar-refractivity contribution in [2.24, 2.45) is 0 Å². The van der Waals surface area contributed by atoms with E-state index in [-0.39, 0.29) is 0 Å². The van der Waals surface area contributed by atoms with E-state index in [0.717, 1.165) is 27.1 Å². The third-order valence-corrected chi connectivity index (χ3v) is 5.44. The minimum atomic E-state index is -2.14. The van der Waals surface area contributed by atoms with Gasteiger partial charge in [0.2, 0.25) is 0 Å². The van der Waals surface area contributed by atoms with E-state index in [1.807, 2.05) is 60.7 Å². The number of halogens is 1. The van der Waals surface area contributed by atoms with Crippen LogP contribution in [0, 0.1) is 0 Å². The molecule has 0 spiro atoms. The molecule has 1 atom stereocenters. The molecule has 1 N–H and O–H groups in total. The second-order valence-electron chi connectivity index (χ2n) is 5.92. The number of ether oxygens (including phenoxy) is 1. The monoisotopic (exact) mass is 382 g/mol. The Balaban J connectivity index is 2.23. The number of benzene rings is 4. The van der Waals surface area contributed by atoms with E-state index in [4.69, 9.17) is 16.3 Å². The van der Waals surface area contributed by atoms with E-state index in [1.54, 1.807) is 13.2 Å². The van der Waals surface area contributed by atoms with Crippen molar-refractivity contribution in [3.05, 3.63) is 71.8 Å². The smallest absolute Gasteiger partial charge is 0.187 e. The zero-order chi connectivity index (χ0) is 18.3. The van der Waals surface area contributed by atoms with Crippen molar-refractivity contribution < 1.29 is 13.5 Å². The molecular weight excluding hydrogens is 368 g/mol. The van der Waals surface area contributed by atoms with E-state index >= 15 is 0 Å². The van der Waals surface area contributed by atoms with Crippen LogP contribution in [0.2, 0.25) is 5.02 Å². The Kier molecular flexibility index (Phi) is 4.41. The summed E-state index contributed by atoms with van der Waals surface area (Å²) < 4.78 is 27.6. The Labute approximate surface area is 158 Å². The molecule has 130 valence electrons. The summed E-state index contributed by atoms with van der Waals surface area (Å²) in [6.45, 7) is 0. The molecule has 0 heterocycles. The van der Waals surface area contributed by atoms with Crippen LogP contribution in [0.1, 0.15) is 0 Å². The molecule has 0 radical (unpaired) electrons. The molecule has 0 amide bonds. The van der Waals surface area contributed by atoms with E-state index in [2.05, 4.69) is 0 Å². The van der Waals surface area contributed by atoms with Crippen LogP contribution in [0.4, 0.5) is 0 Å². The maximum Gasteiger partial charge on any atom is 0.187 e. The Morgan fingerprint density at radius 2 is 1.62 bits per heavy atom. The molecule has 0 saturated heterocycles. The van der Waals surface area contributed by atoms with Gasteiger partial charge in [-0.05, 0) is 45.8 Å². The molecule has 26 heavy (non-hydrogen) atoms. The van der Waals surface area contributed by atoms with Gasteiger partial charge in [-0.2, -0.15) is 0 Å². The highest BCUT2D eigenvalue weighted by atomic mass is 35.5. The van der Waals surface area contributed by atoms with Crippen molar-refractivity contribution in [1.82, 2.24) is 0 Å². The van der Waals surface area contributed by atoms with Gasteiger partial charge >= 0.3 is 0 Å². The topological polar surface area (TPSA) is 46.5 Å². The molecule has 4 aromatic rings. The van der Waals surface area contributed by atoms with Crippen LogP contribution in [0.25, 0.3) is 32.7 Å². The lowest BCUT2D eigenvalue weighted by molar-refractivity contribution is 0.417. The Morgan fingerprint density at radius 3 is 2.38 bits per heavy atom. The summed E-state index contributed by atoms with van der Waals surface area (Å²) in [5, 5.41) is 4.38. The minimum Gasteiger partial charge on any atom is -0.496 e. The Bertz CT molecular complexity index is 1170. The second kappa shape index (κ2) is 6.72. The standard InChI is InChI=1S/C21H15ClO3S/c1-25-18-10-6-14-12-15(22)8-9-17(14)20(18)21-16-5-3-2-4-13(16)7-11-19(21)26(23)24/h2-12H,1H3,(H,23,24). The summed E-state index contributed by atoms with van der Waals surface area (Å²) in [4.78, 5) is 0.351. The number of hydrogen-bond donors (Lipinski definition) is 1. The SMILES string of the molecule is COc1ccc2cc(Cl)ccc2c1-c1c(S(=O)O)ccc2ccccc12. The van der Waals surface area contributed by atoms with Gasteiger partial charge in [-0.3, -0.25) is 0 Å². The van der Waals surface area contributed by atoms with Gasteiger partial charge in [0.25, 0.3) is 0 Å². The quantitative estimate of drug-likeness (QED) is 0.448. The summed E-state index contributed by atoms with van der Waals surface area (Å²) >= 11 is 4.01. The molecule has 1 unspecified atom stereocenters. The molecule has 0 aliphatic rings. The van der Waals surface area contributed by atoms with Crippen molar-refractivity contribution >= 4 is 44.2 Å². The van der Waals surface area contributed by atoms with Crippen LogP contribution in [0.15, 0.2) is 71.6 Å². The van der Waals surface area contributed by atoms with E-state index in [1.165, 1.54) is 0 Å². The van der Waals surface area contributed by atoms with Gasteiger partial charge in [-0.1, -0.05) is 54.1 Å². The Hall–Kier alpha value is -2.40. The maximum absolute atomic E-state index is 12.1. The van der Waals surface area contributed by atoms with Gasteiger partial charge in [0, 0.05) is 16.1 Å². The van der Waals surface area contributed by atoms with Crippen LogP contribution >= 0.6 is 11.6 Å². The van der Waals surface area contributed by atoms with Gasteiger partial charge in [0.15, 0.2) is 11.1 Å². The van der Waals surface area contributed by atoms with Crippen LogP contribution in [0.5, 0.6) is 5.75 Å². The van der Waals surface area contributed by atoms with Crippen molar-refractivity contribution in [1.29, 1.82) is 0 Å². The summed E-state index contributed by atoms with van der Waals surface area (Å²) in [7, 11) is 1.60. The predicted molar refractivity (Wildman–Crippen MR) is 107 cm³/mol. The first-order valence-corrected chi connectivity index (χ1v) is 9.48. The average molecular weight is 383 g/mol. The van der Waals surface area contributed by atoms with Crippen molar-refractivity contribution in [2.45, 2.75) is 4.90 Å². The summed E-state index contributed by atoms with van der Waals surface area (Å²) in [6, 6.07) is 20.8. The fraction of sp³-hybridized carbons (Fsp3) is 0.0476. The lowest BCUT2D eigenvalue weighted by Crippen LogP contribution is -1.97. The molecule has 0 aromatic heterocycles. The predicted octanol–water partition coefficient (Wildman–Crippen LogP) is 5.90. The maximum atomic E-state index is 12.1. The molecular formula is C21H15ClO3S. The molecule has 4 aromatic carbocycles. The van der Waals surface area contributed by atoms with Gasteiger partial charge in [0.05, 0.1) is 12.0 Å². The third kappa shape index (κ3) is 2.76. The summed E-state index contributed by atoms with van der Waals surface area (Å²) in [5.74, 6) is 0.642. The molecule has 3 nitrogen and oxygen atoms in total. The first-order chi connectivity index (χ1) is 12.6. The van der Waals surface area contributed by atoms with Crippen LogP contribution < -0.4 is 4.74 Å². The van der Waals surface area contributed by atoms with E-state index < -0.39 is 11.1 Å². The number of methoxy groups -OCH3 is 1. The summed E-state index contributed by atoms with van der Waals surface area (Å²) in [5.41, 5.74) is 1.49. The average Bonchev–Trinajstić information content (AvgIpc) is 2.66. The third-order valence-electron chi connectivity index (χ3n) is 4.49. The van der Waals surface area contributed by atoms with Crippen LogP contribution in [-0.4, -0.2) is 15.9 Å². The lowest BCUT2D eigenvalue weighted by Gasteiger charge is -2.17. The van der Waals surface area contributed by atoms with Gasteiger partial charge in [-0.25, -0.2) is 4.21 Å². The van der Waals surface area contributed by atoms with Crippen LogP contribution in [0.3, 0.4) is 0 Å². The number of hydrogen-bond acceptors (Lipinski definition) is 2. The molecule has 0 bridgehead atoms.